The monoisotopic (exact) mass is 548 g/mol. The Morgan fingerprint density at radius 1 is 1.05 bits per heavy atom. The molecular weight excluding hydrogens is 527 g/mol. The molecule has 1 aromatic heterocycles. The van der Waals surface area contributed by atoms with Crippen molar-refractivity contribution in [3.8, 4) is 23.0 Å². The maximum Gasteiger partial charge on any atom is 0.301 e. The van der Waals surface area contributed by atoms with Crippen LogP contribution in [0.1, 0.15) is 17.2 Å². The highest BCUT2D eigenvalue weighted by molar-refractivity contribution is 7.22. The van der Waals surface area contributed by atoms with Crippen LogP contribution in [-0.2, 0) is 9.59 Å². The Balaban J connectivity index is 1.59. The Labute approximate surface area is 225 Å². The Morgan fingerprint density at radius 2 is 1.85 bits per heavy atom. The minimum absolute atomic E-state index is 0.161. The summed E-state index contributed by atoms with van der Waals surface area (Å²) in [4.78, 5) is 32.9. The van der Waals surface area contributed by atoms with E-state index in [1.54, 1.807) is 36.4 Å². The SMILES string of the molecule is COc1cccc(C2/C(=C(\O)c3ccc4c(c3)OCCO4)C(=O)C(=O)N2c2nc3ccc(F)cc3s2)c1OC. The van der Waals surface area contributed by atoms with E-state index in [1.807, 2.05) is 0 Å². The number of aromatic nitrogens is 1. The van der Waals surface area contributed by atoms with Gasteiger partial charge in [0.15, 0.2) is 28.1 Å². The number of ether oxygens (including phenoxy) is 4. The molecule has 0 radical (unpaired) electrons. The fourth-order valence-electron chi connectivity index (χ4n) is 4.79. The second kappa shape index (κ2) is 9.59. The Hall–Kier alpha value is -4.64. The van der Waals surface area contributed by atoms with Gasteiger partial charge < -0.3 is 24.1 Å². The number of hydrogen-bond donors (Lipinski definition) is 1. The van der Waals surface area contributed by atoms with Crippen molar-refractivity contribution in [3.05, 3.63) is 77.1 Å². The number of Topliss-reactive ketones (excluding diaryl/α,β-unsaturated/α-hetero) is 1. The van der Waals surface area contributed by atoms with Crippen molar-refractivity contribution in [2.24, 2.45) is 0 Å². The molecule has 39 heavy (non-hydrogen) atoms. The lowest BCUT2D eigenvalue weighted by Gasteiger charge is -2.25. The van der Waals surface area contributed by atoms with Crippen LogP contribution >= 0.6 is 11.3 Å². The van der Waals surface area contributed by atoms with Gasteiger partial charge in [0.2, 0.25) is 0 Å². The van der Waals surface area contributed by atoms with E-state index in [4.69, 9.17) is 18.9 Å². The summed E-state index contributed by atoms with van der Waals surface area (Å²) in [5, 5.41) is 11.7. The van der Waals surface area contributed by atoms with E-state index < -0.39 is 29.3 Å². The third-order valence-electron chi connectivity index (χ3n) is 6.53. The number of carbonyl (C=O) groups excluding carboxylic acids is 2. The van der Waals surface area contributed by atoms with E-state index in [9.17, 15) is 19.1 Å². The summed E-state index contributed by atoms with van der Waals surface area (Å²) in [6, 6.07) is 12.7. The van der Waals surface area contributed by atoms with Crippen LogP contribution in [0.15, 0.2) is 60.2 Å². The maximum atomic E-state index is 13.9. The number of fused-ring (bicyclic) bond motifs is 2. The number of ketones is 1. The maximum absolute atomic E-state index is 13.9. The number of amides is 1. The molecular formula is C28H21FN2O7S. The van der Waals surface area contributed by atoms with Crippen molar-refractivity contribution in [1.29, 1.82) is 0 Å². The van der Waals surface area contributed by atoms with Crippen LogP contribution in [0.2, 0.25) is 0 Å². The van der Waals surface area contributed by atoms with Gasteiger partial charge in [0.05, 0.1) is 30.0 Å². The highest BCUT2D eigenvalue weighted by Crippen LogP contribution is 2.49. The predicted molar refractivity (Wildman–Crippen MR) is 141 cm³/mol. The quantitative estimate of drug-likeness (QED) is 0.214. The minimum atomic E-state index is -1.13. The largest absolute Gasteiger partial charge is 0.507 e. The van der Waals surface area contributed by atoms with Crippen LogP contribution in [0, 0.1) is 5.82 Å². The lowest BCUT2D eigenvalue weighted by molar-refractivity contribution is -0.132. The lowest BCUT2D eigenvalue weighted by Crippen LogP contribution is -2.29. The van der Waals surface area contributed by atoms with Gasteiger partial charge in [-0.15, -0.1) is 0 Å². The molecule has 9 nitrogen and oxygen atoms in total. The van der Waals surface area contributed by atoms with Gasteiger partial charge in [-0.25, -0.2) is 9.37 Å². The van der Waals surface area contributed by atoms with Crippen molar-refractivity contribution < 1.29 is 38.0 Å². The Kier molecular flexibility index (Phi) is 6.07. The predicted octanol–water partition coefficient (Wildman–Crippen LogP) is 4.85. The number of anilines is 1. The molecule has 3 aromatic carbocycles. The number of aliphatic hydroxyl groups is 1. The third kappa shape index (κ3) is 4.02. The average Bonchev–Trinajstić information content (AvgIpc) is 3.49. The Bertz CT molecular complexity index is 1680. The second-order valence-electron chi connectivity index (χ2n) is 8.72. The summed E-state index contributed by atoms with van der Waals surface area (Å²) in [7, 11) is 2.91. The van der Waals surface area contributed by atoms with E-state index in [0.717, 1.165) is 11.3 Å². The highest BCUT2D eigenvalue weighted by atomic mass is 32.1. The van der Waals surface area contributed by atoms with Crippen molar-refractivity contribution >= 4 is 44.1 Å². The van der Waals surface area contributed by atoms with Crippen molar-refractivity contribution in [2.75, 3.05) is 32.3 Å². The molecule has 6 rings (SSSR count). The van der Waals surface area contributed by atoms with Crippen LogP contribution in [-0.4, -0.2) is 49.2 Å². The van der Waals surface area contributed by atoms with Crippen molar-refractivity contribution in [1.82, 2.24) is 4.98 Å². The molecule has 2 aliphatic rings. The van der Waals surface area contributed by atoms with Gasteiger partial charge >= 0.3 is 5.91 Å². The molecule has 198 valence electrons. The molecule has 3 heterocycles. The van der Waals surface area contributed by atoms with Gasteiger partial charge in [0, 0.05) is 11.1 Å². The van der Waals surface area contributed by atoms with Crippen molar-refractivity contribution in [3.63, 3.8) is 0 Å². The number of thiazole rings is 1. The molecule has 0 bridgehead atoms. The summed E-state index contributed by atoms with van der Waals surface area (Å²) < 4.78 is 36.7. The fourth-order valence-corrected chi connectivity index (χ4v) is 5.80. The summed E-state index contributed by atoms with van der Waals surface area (Å²) in [6.45, 7) is 0.728. The van der Waals surface area contributed by atoms with Crippen LogP contribution in [0.3, 0.4) is 0 Å². The first-order valence-electron chi connectivity index (χ1n) is 11.9. The summed E-state index contributed by atoms with van der Waals surface area (Å²) in [5.74, 6) is -1.12. The average molecular weight is 549 g/mol. The van der Waals surface area contributed by atoms with E-state index >= 15 is 0 Å². The number of aliphatic hydroxyl groups excluding tert-OH is 1. The summed E-state index contributed by atoms with van der Waals surface area (Å²) in [5.41, 5.74) is 0.936. The van der Waals surface area contributed by atoms with E-state index in [0.29, 0.717) is 46.2 Å². The number of benzene rings is 3. The second-order valence-corrected chi connectivity index (χ2v) is 9.73. The van der Waals surface area contributed by atoms with E-state index in [-0.39, 0.29) is 22.0 Å². The van der Waals surface area contributed by atoms with Gasteiger partial charge in [-0.2, -0.15) is 0 Å². The smallest absolute Gasteiger partial charge is 0.301 e. The molecule has 2 aliphatic heterocycles. The molecule has 0 spiro atoms. The molecule has 1 saturated heterocycles. The molecule has 1 amide bonds. The number of rotatable bonds is 5. The van der Waals surface area contributed by atoms with Gasteiger partial charge in [0.25, 0.3) is 5.78 Å². The number of halogens is 1. The first-order chi connectivity index (χ1) is 18.9. The van der Waals surface area contributed by atoms with E-state index in [1.165, 1.54) is 37.3 Å². The molecule has 11 heteroatoms. The van der Waals surface area contributed by atoms with Crippen LogP contribution in [0.25, 0.3) is 16.0 Å². The topological polar surface area (TPSA) is 107 Å². The van der Waals surface area contributed by atoms with Crippen molar-refractivity contribution in [2.45, 2.75) is 6.04 Å². The van der Waals surface area contributed by atoms with E-state index in [2.05, 4.69) is 4.98 Å². The summed E-state index contributed by atoms with van der Waals surface area (Å²) >= 11 is 1.05. The fraction of sp³-hybridized carbons (Fsp3) is 0.179. The zero-order valence-corrected chi connectivity index (χ0v) is 21.6. The van der Waals surface area contributed by atoms with Crippen LogP contribution in [0.5, 0.6) is 23.0 Å². The van der Waals surface area contributed by atoms with Gasteiger partial charge in [-0.1, -0.05) is 23.5 Å². The summed E-state index contributed by atoms with van der Waals surface area (Å²) in [6.07, 6.45) is 0. The standard InChI is InChI=1S/C28H21FN2O7S/c1-35-19-5-3-4-16(26(19)36-2)23-22(24(32)14-6-9-18-20(12-14)38-11-10-37-18)25(33)27(34)31(23)28-30-17-8-7-15(29)13-21(17)39-28/h3-9,12-13,23,32H,10-11H2,1-2H3/b24-22+. The first kappa shape index (κ1) is 24.7. The third-order valence-corrected chi connectivity index (χ3v) is 7.55. The zero-order valence-electron chi connectivity index (χ0n) is 20.8. The molecule has 4 aromatic rings. The number of carbonyl (C=O) groups is 2. The molecule has 1 fully saturated rings. The number of methoxy groups -OCH3 is 2. The highest BCUT2D eigenvalue weighted by Gasteiger charge is 2.49. The number of hydrogen-bond acceptors (Lipinski definition) is 9. The van der Waals surface area contributed by atoms with Gasteiger partial charge in [-0.3, -0.25) is 14.5 Å². The molecule has 0 aliphatic carbocycles. The van der Waals surface area contributed by atoms with Crippen LogP contribution < -0.4 is 23.8 Å². The minimum Gasteiger partial charge on any atom is -0.507 e. The molecule has 1 unspecified atom stereocenters. The molecule has 1 atom stereocenters. The Morgan fingerprint density at radius 3 is 2.62 bits per heavy atom. The van der Waals surface area contributed by atoms with Crippen LogP contribution in [0.4, 0.5) is 9.52 Å². The normalized spacial score (nSPS) is 18.0. The number of nitrogens with zero attached hydrogens (tertiary/aromatic N) is 2. The van der Waals surface area contributed by atoms with Gasteiger partial charge in [-0.05, 0) is 42.5 Å². The molecule has 0 saturated carbocycles. The lowest BCUT2D eigenvalue weighted by atomic mass is 9.94. The zero-order chi connectivity index (χ0) is 27.3. The van der Waals surface area contributed by atoms with Gasteiger partial charge in [0.1, 0.15) is 30.8 Å². The first-order valence-corrected chi connectivity index (χ1v) is 12.7. The number of para-hydroxylation sites is 1. The molecule has 1 N–H and O–H groups in total.